The van der Waals surface area contributed by atoms with Gasteiger partial charge in [0.1, 0.15) is 5.60 Å². The molecule has 0 spiro atoms. The maximum Gasteiger partial charge on any atom is 0.410 e. The summed E-state index contributed by atoms with van der Waals surface area (Å²) in [6, 6.07) is 0. The lowest BCUT2D eigenvalue weighted by molar-refractivity contribution is 0.0189. The summed E-state index contributed by atoms with van der Waals surface area (Å²) in [4.78, 5) is 17.1. The van der Waals surface area contributed by atoms with E-state index in [0.717, 1.165) is 12.8 Å². The van der Waals surface area contributed by atoms with Crippen LogP contribution in [0.3, 0.4) is 0 Å². The van der Waals surface area contributed by atoms with Crippen molar-refractivity contribution in [3.05, 3.63) is 11.4 Å². The summed E-state index contributed by atoms with van der Waals surface area (Å²) < 4.78 is 5.29. The van der Waals surface area contributed by atoms with E-state index in [-0.39, 0.29) is 11.6 Å². The van der Waals surface area contributed by atoms with Crippen molar-refractivity contribution in [3.8, 4) is 0 Å². The van der Waals surface area contributed by atoms with Gasteiger partial charge in [0.2, 0.25) is 5.54 Å². The zero-order valence-corrected chi connectivity index (χ0v) is 10.5. The van der Waals surface area contributed by atoms with Gasteiger partial charge in [-0.1, -0.05) is 0 Å². The maximum atomic E-state index is 11.7. The van der Waals surface area contributed by atoms with Crippen LogP contribution >= 0.6 is 0 Å². The van der Waals surface area contributed by atoms with Crippen LogP contribution in [0.2, 0.25) is 0 Å². The molecule has 1 rings (SSSR count). The van der Waals surface area contributed by atoms with E-state index in [9.17, 15) is 4.79 Å². The number of piperidine rings is 1. The molecule has 0 bridgehead atoms. The lowest BCUT2D eigenvalue weighted by Gasteiger charge is -2.33. The molecule has 0 aromatic heterocycles. The summed E-state index contributed by atoms with van der Waals surface area (Å²) in [6.45, 7) is 15.9. The highest BCUT2D eigenvalue weighted by Crippen LogP contribution is 2.26. The average molecular weight is 224 g/mol. The lowest BCUT2D eigenvalue weighted by atomic mass is 9.91. The van der Waals surface area contributed by atoms with Crippen molar-refractivity contribution in [2.24, 2.45) is 0 Å². The zero-order valence-electron chi connectivity index (χ0n) is 10.5. The van der Waals surface area contributed by atoms with Crippen LogP contribution in [0.15, 0.2) is 0 Å². The fourth-order valence-electron chi connectivity index (χ4n) is 1.61. The Morgan fingerprint density at radius 2 is 1.88 bits per heavy atom. The highest BCUT2D eigenvalue weighted by molar-refractivity contribution is 5.68. The first-order valence-electron chi connectivity index (χ1n) is 5.62. The molecule has 1 heterocycles. The van der Waals surface area contributed by atoms with Crippen molar-refractivity contribution >= 4 is 6.09 Å². The van der Waals surface area contributed by atoms with Gasteiger partial charge in [0.25, 0.3) is 0 Å². The molecule has 0 atom stereocenters. The molecule has 4 heteroatoms. The number of hydrogen-bond acceptors (Lipinski definition) is 2. The molecule has 1 aliphatic heterocycles. The number of ether oxygens (including phenoxy) is 1. The predicted molar refractivity (Wildman–Crippen MR) is 62.0 cm³/mol. The van der Waals surface area contributed by atoms with Gasteiger partial charge in [0, 0.05) is 32.9 Å². The lowest BCUT2D eigenvalue weighted by Crippen LogP contribution is -2.45. The van der Waals surface area contributed by atoms with Gasteiger partial charge in [-0.3, -0.25) is 0 Å². The molecular weight excluding hydrogens is 204 g/mol. The SMILES string of the molecule is [C-]#[N+]C1(C)CCN(C(=O)OC(C)(C)C)CC1. The Hall–Kier alpha value is -1.24. The van der Waals surface area contributed by atoms with Gasteiger partial charge < -0.3 is 14.5 Å². The minimum Gasteiger partial charge on any atom is -0.444 e. The molecule has 0 unspecified atom stereocenters. The van der Waals surface area contributed by atoms with Gasteiger partial charge in [0.15, 0.2) is 0 Å². The number of hydrogen-bond donors (Lipinski definition) is 0. The minimum atomic E-state index is -0.447. The number of nitrogens with zero attached hydrogens (tertiary/aromatic N) is 2. The first kappa shape index (κ1) is 12.8. The molecule has 0 radical (unpaired) electrons. The second-order valence-corrected chi connectivity index (χ2v) is 5.58. The number of carbonyl (C=O) groups excluding carboxylic acids is 1. The standard InChI is InChI=1S/C12H20N2O2/c1-11(2,3)16-10(15)14-8-6-12(4,13-5)7-9-14/h6-9H2,1-4H3. The largest absolute Gasteiger partial charge is 0.444 e. The number of likely N-dealkylation sites (tertiary alicyclic amines) is 1. The molecule has 1 saturated heterocycles. The Balaban J connectivity index is 2.49. The quantitative estimate of drug-likeness (QED) is 0.593. The minimum absolute atomic E-state index is 0.264. The smallest absolute Gasteiger partial charge is 0.410 e. The van der Waals surface area contributed by atoms with Crippen molar-refractivity contribution in [1.82, 2.24) is 4.90 Å². The highest BCUT2D eigenvalue weighted by atomic mass is 16.6. The van der Waals surface area contributed by atoms with E-state index in [1.807, 2.05) is 27.7 Å². The maximum absolute atomic E-state index is 11.7. The highest BCUT2D eigenvalue weighted by Gasteiger charge is 2.37. The molecule has 0 aliphatic carbocycles. The van der Waals surface area contributed by atoms with Crippen LogP contribution in [0.5, 0.6) is 0 Å². The van der Waals surface area contributed by atoms with Crippen LogP contribution in [-0.2, 0) is 4.74 Å². The second kappa shape index (κ2) is 4.32. The van der Waals surface area contributed by atoms with Gasteiger partial charge in [-0.15, -0.1) is 0 Å². The molecule has 0 saturated carbocycles. The molecule has 0 aromatic rings. The van der Waals surface area contributed by atoms with Gasteiger partial charge in [0.05, 0.1) is 0 Å². The van der Waals surface area contributed by atoms with E-state index < -0.39 is 5.60 Å². The van der Waals surface area contributed by atoms with Crippen molar-refractivity contribution in [2.45, 2.75) is 51.7 Å². The average Bonchev–Trinajstić information content (AvgIpc) is 2.16. The van der Waals surface area contributed by atoms with Crippen LogP contribution in [0, 0.1) is 6.57 Å². The molecule has 16 heavy (non-hydrogen) atoms. The van der Waals surface area contributed by atoms with Gasteiger partial charge in [-0.05, 0) is 20.8 Å². The van der Waals surface area contributed by atoms with E-state index in [4.69, 9.17) is 11.3 Å². The molecule has 0 aromatic carbocycles. The summed E-state index contributed by atoms with van der Waals surface area (Å²) in [5.74, 6) is 0. The third-order valence-corrected chi connectivity index (χ3v) is 2.76. The summed E-state index contributed by atoms with van der Waals surface area (Å²) >= 11 is 0. The zero-order chi connectivity index (χ0) is 12.4. The Morgan fingerprint density at radius 3 is 2.25 bits per heavy atom. The Kier molecular flexibility index (Phi) is 3.47. The third-order valence-electron chi connectivity index (χ3n) is 2.76. The van der Waals surface area contributed by atoms with Crippen LogP contribution < -0.4 is 0 Å². The molecule has 0 N–H and O–H groups in total. The number of amides is 1. The summed E-state index contributed by atoms with van der Waals surface area (Å²) in [5.41, 5.74) is -0.740. The van der Waals surface area contributed by atoms with E-state index in [1.165, 1.54) is 0 Å². The van der Waals surface area contributed by atoms with Crippen LogP contribution in [-0.4, -0.2) is 35.2 Å². The monoisotopic (exact) mass is 224 g/mol. The molecular formula is C12H20N2O2. The van der Waals surface area contributed by atoms with E-state index in [2.05, 4.69) is 4.85 Å². The van der Waals surface area contributed by atoms with Crippen molar-refractivity contribution < 1.29 is 9.53 Å². The first-order chi connectivity index (χ1) is 7.26. The molecule has 1 amide bonds. The number of rotatable bonds is 0. The molecule has 1 aliphatic rings. The predicted octanol–water partition coefficient (Wildman–Crippen LogP) is 2.70. The van der Waals surface area contributed by atoms with Crippen molar-refractivity contribution in [1.29, 1.82) is 0 Å². The van der Waals surface area contributed by atoms with Crippen LogP contribution in [0.1, 0.15) is 40.5 Å². The van der Waals surface area contributed by atoms with E-state index in [1.54, 1.807) is 4.90 Å². The van der Waals surface area contributed by atoms with Gasteiger partial charge in [-0.2, -0.15) is 0 Å². The molecule has 4 nitrogen and oxygen atoms in total. The van der Waals surface area contributed by atoms with Crippen molar-refractivity contribution in [2.75, 3.05) is 13.1 Å². The van der Waals surface area contributed by atoms with Crippen LogP contribution in [0.4, 0.5) is 4.79 Å². The molecule has 90 valence electrons. The van der Waals surface area contributed by atoms with Gasteiger partial charge >= 0.3 is 6.09 Å². The summed E-state index contributed by atoms with van der Waals surface area (Å²) in [7, 11) is 0. The first-order valence-corrected chi connectivity index (χ1v) is 5.62. The second-order valence-electron chi connectivity index (χ2n) is 5.58. The summed E-state index contributed by atoms with van der Waals surface area (Å²) in [5, 5.41) is 0. The molecule has 1 fully saturated rings. The fourth-order valence-corrected chi connectivity index (χ4v) is 1.61. The Labute approximate surface area is 97.4 Å². The normalized spacial score (nSPS) is 20.1. The van der Waals surface area contributed by atoms with Gasteiger partial charge in [-0.25, -0.2) is 11.4 Å². The Morgan fingerprint density at radius 1 is 1.38 bits per heavy atom. The van der Waals surface area contributed by atoms with E-state index >= 15 is 0 Å². The van der Waals surface area contributed by atoms with E-state index in [0.29, 0.717) is 13.1 Å². The van der Waals surface area contributed by atoms with Crippen molar-refractivity contribution in [3.63, 3.8) is 0 Å². The number of carbonyl (C=O) groups is 1. The third kappa shape index (κ3) is 3.41. The fraction of sp³-hybridized carbons (Fsp3) is 0.833. The van der Waals surface area contributed by atoms with Crippen LogP contribution in [0.25, 0.3) is 4.85 Å². The summed E-state index contributed by atoms with van der Waals surface area (Å²) in [6.07, 6.45) is 1.20. The Bertz CT molecular complexity index is 304. The topological polar surface area (TPSA) is 33.9 Å².